The van der Waals surface area contributed by atoms with E-state index in [1.54, 1.807) is 14.1 Å². The van der Waals surface area contributed by atoms with Crippen LogP contribution >= 0.6 is 0 Å². The minimum atomic E-state index is -2.67. The van der Waals surface area contributed by atoms with Crippen LogP contribution in [0, 0.1) is 18.8 Å². The van der Waals surface area contributed by atoms with Crippen molar-refractivity contribution in [3.8, 4) is 5.75 Å². The number of carbonyl (C=O) groups excluding carboxylic acids is 3. The maximum Gasteiger partial charge on any atom is 0.255 e. The van der Waals surface area contributed by atoms with Crippen molar-refractivity contribution in [2.75, 3.05) is 33.1 Å². The van der Waals surface area contributed by atoms with Gasteiger partial charge in [0.15, 0.2) is 11.4 Å². The van der Waals surface area contributed by atoms with Gasteiger partial charge in [-0.1, -0.05) is 29.8 Å². The number of Topliss-reactive ketones (excluding diaryl/α,β-unsaturated/α-hetero) is 2. The van der Waals surface area contributed by atoms with E-state index < -0.39 is 58.0 Å². The number of likely N-dealkylation sites (N-methyl/N-ethyl adjacent to an activating group) is 1. The lowest BCUT2D eigenvalue weighted by Gasteiger charge is -2.50. The highest BCUT2D eigenvalue weighted by Crippen LogP contribution is 2.54. The predicted octanol–water partition coefficient (Wildman–Crippen LogP) is 1.63. The Bertz CT molecular complexity index is 1590. The molecular weight excluding hydrogens is 552 g/mol. The molecule has 2 aromatic rings. The fraction of sp³-hybridized carbons (Fsp3) is 0.406. The maximum absolute atomic E-state index is 14.1. The lowest BCUT2D eigenvalue weighted by Crippen LogP contribution is -2.65. The van der Waals surface area contributed by atoms with Crippen molar-refractivity contribution < 1.29 is 34.8 Å². The van der Waals surface area contributed by atoms with Gasteiger partial charge >= 0.3 is 0 Å². The Kier molecular flexibility index (Phi) is 7.62. The Hall–Kier alpha value is -4.19. The van der Waals surface area contributed by atoms with Crippen LogP contribution in [0.4, 0.5) is 5.69 Å². The third-order valence-corrected chi connectivity index (χ3v) is 9.02. The van der Waals surface area contributed by atoms with Crippen LogP contribution in [0.3, 0.4) is 0 Å². The molecule has 4 unspecified atom stereocenters. The van der Waals surface area contributed by atoms with Gasteiger partial charge in [0.25, 0.3) is 5.91 Å². The van der Waals surface area contributed by atoms with Crippen LogP contribution in [0.15, 0.2) is 47.2 Å². The van der Waals surface area contributed by atoms with Gasteiger partial charge in [-0.2, -0.15) is 0 Å². The zero-order chi connectivity index (χ0) is 31.5. The number of aryl methyl sites for hydroxylation is 1. The van der Waals surface area contributed by atoms with Crippen LogP contribution in [0.2, 0.25) is 0 Å². The Morgan fingerprint density at radius 2 is 1.72 bits per heavy atom. The van der Waals surface area contributed by atoms with Gasteiger partial charge < -0.3 is 36.4 Å². The van der Waals surface area contributed by atoms with Crippen molar-refractivity contribution >= 4 is 28.9 Å². The number of aliphatic hydroxyl groups excluding tert-OH is 2. The number of nitrogens with two attached hydrogens (primary N) is 1. The van der Waals surface area contributed by atoms with Gasteiger partial charge in [-0.3, -0.25) is 19.3 Å². The fourth-order valence-electron chi connectivity index (χ4n) is 6.93. The molecule has 0 aliphatic heterocycles. The zero-order valence-corrected chi connectivity index (χ0v) is 24.9. The lowest BCUT2D eigenvalue weighted by molar-refractivity contribution is -0.153. The van der Waals surface area contributed by atoms with Crippen LogP contribution in [0.25, 0.3) is 5.76 Å². The third-order valence-electron chi connectivity index (χ3n) is 9.02. The largest absolute Gasteiger partial charge is 0.508 e. The van der Waals surface area contributed by atoms with Gasteiger partial charge in [0.1, 0.15) is 22.8 Å². The minimum Gasteiger partial charge on any atom is -0.508 e. The molecule has 0 aromatic heterocycles. The molecule has 0 radical (unpaired) electrons. The summed E-state index contributed by atoms with van der Waals surface area (Å²) in [5.41, 5.74) is 5.87. The highest BCUT2D eigenvalue weighted by molar-refractivity contribution is 6.24. The van der Waals surface area contributed by atoms with E-state index in [0.29, 0.717) is 17.7 Å². The van der Waals surface area contributed by atoms with E-state index in [9.17, 15) is 34.8 Å². The number of phenols is 1. The van der Waals surface area contributed by atoms with Gasteiger partial charge in [0.2, 0.25) is 5.78 Å². The summed E-state index contributed by atoms with van der Waals surface area (Å²) >= 11 is 0. The number of ketones is 2. The van der Waals surface area contributed by atoms with Crippen molar-refractivity contribution in [2.24, 2.45) is 17.6 Å². The molecule has 43 heavy (non-hydrogen) atoms. The summed E-state index contributed by atoms with van der Waals surface area (Å²) in [6, 6.07) is 8.77. The molecule has 228 valence electrons. The molecule has 11 heteroatoms. The summed E-state index contributed by atoms with van der Waals surface area (Å²) in [6.07, 6.45) is 0.270. The second kappa shape index (κ2) is 10.8. The van der Waals surface area contributed by atoms with Crippen molar-refractivity contribution in [1.29, 1.82) is 0 Å². The van der Waals surface area contributed by atoms with E-state index in [4.69, 9.17) is 5.73 Å². The molecule has 5 rings (SSSR count). The molecule has 1 fully saturated rings. The molecule has 11 nitrogen and oxygen atoms in total. The summed E-state index contributed by atoms with van der Waals surface area (Å²) < 4.78 is 0. The van der Waals surface area contributed by atoms with Gasteiger partial charge in [-0.25, -0.2) is 0 Å². The number of carbonyl (C=O) groups is 3. The van der Waals surface area contributed by atoms with E-state index in [-0.39, 0.29) is 36.3 Å². The Morgan fingerprint density at radius 1 is 1.07 bits per heavy atom. The molecule has 4 atom stereocenters. The number of hydrogen-bond acceptors (Lipinski definition) is 10. The maximum atomic E-state index is 14.1. The summed E-state index contributed by atoms with van der Waals surface area (Å²) in [4.78, 5) is 42.9. The van der Waals surface area contributed by atoms with Crippen molar-refractivity contribution in [1.82, 2.24) is 10.2 Å². The standard InChI is InChI=1S/C32H38N4O7/c1-15-6-8-16(9-7-15)13-34-14-18-12-21(35(2)3)19-10-17-11-20-25(36(4)5)28(39)24(31(33)42)30(41)32(20,43)29(40)22(17)27(38)23(19)26(18)37/h6-9,12,17,20,25,34,37-38,41,43H,10-11,13-14H2,1-5H3,(H2,33,42). The summed E-state index contributed by atoms with van der Waals surface area (Å²) in [5.74, 6) is -6.63. The smallest absolute Gasteiger partial charge is 0.255 e. The molecule has 3 aliphatic rings. The first-order valence-corrected chi connectivity index (χ1v) is 14.2. The molecule has 2 aromatic carbocycles. The highest BCUT2D eigenvalue weighted by Gasteiger charge is 2.64. The number of amides is 1. The number of nitrogens with one attached hydrogen (secondary N) is 1. The number of aliphatic hydroxyl groups is 3. The molecule has 1 saturated carbocycles. The number of benzene rings is 2. The van der Waals surface area contributed by atoms with E-state index in [0.717, 1.165) is 16.8 Å². The van der Waals surface area contributed by atoms with Crippen LogP contribution in [-0.2, 0) is 33.9 Å². The normalized spacial score (nSPS) is 25.0. The molecular formula is C32H38N4O7. The second-order valence-electron chi connectivity index (χ2n) is 12.2. The molecule has 7 N–H and O–H groups in total. The molecule has 0 saturated heterocycles. The van der Waals surface area contributed by atoms with Crippen molar-refractivity contribution in [2.45, 2.75) is 44.5 Å². The quantitative estimate of drug-likeness (QED) is 0.260. The number of phenolic OH excluding ortho intramolecular Hbond substituents is 1. The average Bonchev–Trinajstić information content (AvgIpc) is 2.92. The Balaban J connectivity index is 1.61. The van der Waals surface area contributed by atoms with E-state index in [1.165, 1.54) is 4.90 Å². The van der Waals surface area contributed by atoms with Crippen molar-refractivity contribution in [3.05, 3.63) is 75.1 Å². The first kappa shape index (κ1) is 30.3. The SMILES string of the molecule is Cc1ccc(CNCc2cc(N(C)C)c3c(c2O)C(O)=C2C(=O)C4(O)C(O)=C(C(N)=O)C(=O)C(N(C)C)C4CC2C3)cc1. The second-order valence-corrected chi connectivity index (χ2v) is 12.2. The van der Waals surface area contributed by atoms with Gasteiger partial charge in [0, 0.05) is 49.9 Å². The number of anilines is 1. The molecule has 0 bridgehead atoms. The van der Waals surface area contributed by atoms with Crippen LogP contribution in [0.5, 0.6) is 5.75 Å². The van der Waals surface area contributed by atoms with E-state index >= 15 is 0 Å². The molecule has 1 amide bonds. The molecule has 3 aliphatic carbocycles. The molecule has 0 heterocycles. The van der Waals surface area contributed by atoms with Gasteiger partial charge in [-0.15, -0.1) is 0 Å². The van der Waals surface area contributed by atoms with Crippen LogP contribution in [-0.4, -0.2) is 82.6 Å². The monoisotopic (exact) mass is 590 g/mol. The van der Waals surface area contributed by atoms with Crippen molar-refractivity contribution in [3.63, 3.8) is 0 Å². The Morgan fingerprint density at radius 3 is 2.30 bits per heavy atom. The number of aromatic hydroxyl groups is 1. The summed E-state index contributed by atoms with van der Waals surface area (Å²) in [6.45, 7) is 2.81. The average molecular weight is 591 g/mol. The summed E-state index contributed by atoms with van der Waals surface area (Å²) in [7, 11) is 6.83. The van der Waals surface area contributed by atoms with Gasteiger partial charge in [-0.05, 0) is 57.0 Å². The zero-order valence-electron chi connectivity index (χ0n) is 24.9. The first-order chi connectivity index (χ1) is 20.2. The van der Waals surface area contributed by atoms with E-state index in [2.05, 4.69) is 5.32 Å². The lowest BCUT2D eigenvalue weighted by atomic mass is 9.57. The highest BCUT2D eigenvalue weighted by atomic mass is 16.3. The number of hydrogen-bond donors (Lipinski definition) is 6. The van der Waals surface area contributed by atoms with Gasteiger partial charge in [0.05, 0.1) is 11.6 Å². The Labute approximate surface area is 249 Å². The van der Waals surface area contributed by atoms with E-state index in [1.807, 2.05) is 56.3 Å². The third kappa shape index (κ3) is 4.68. The number of fused-ring (bicyclic) bond motifs is 3. The summed E-state index contributed by atoms with van der Waals surface area (Å²) in [5, 5.41) is 49.2. The van der Waals surface area contributed by atoms with Crippen LogP contribution in [0.1, 0.15) is 34.2 Å². The minimum absolute atomic E-state index is 0.0409. The van der Waals surface area contributed by atoms with Crippen LogP contribution < -0.4 is 16.0 Å². The number of primary amides is 1. The fourth-order valence-corrected chi connectivity index (χ4v) is 6.93. The number of nitrogens with zero attached hydrogens (tertiary/aromatic N) is 2. The number of rotatable bonds is 7. The predicted molar refractivity (Wildman–Crippen MR) is 160 cm³/mol. The topological polar surface area (TPSA) is 177 Å². The first-order valence-electron chi connectivity index (χ1n) is 14.2. The molecule has 0 spiro atoms.